The summed E-state index contributed by atoms with van der Waals surface area (Å²) in [5.41, 5.74) is 2.21. The monoisotopic (exact) mass is 414 g/mol. The van der Waals surface area contributed by atoms with Crippen LogP contribution in [0.15, 0.2) is 80.8 Å². The summed E-state index contributed by atoms with van der Waals surface area (Å²) < 4.78 is 5.95. The molecule has 0 radical (unpaired) electrons. The number of para-hydroxylation sites is 1. The van der Waals surface area contributed by atoms with Gasteiger partial charge in [-0.1, -0.05) is 30.3 Å². The Morgan fingerprint density at radius 1 is 0.967 bits per heavy atom. The van der Waals surface area contributed by atoms with E-state index >= 15 is 0 Å². The van der Waals surface area contributed by atoms with Crippen molar-refractivity contribution in [1.82, 2.24) is 4.98 Å². The SMILES string of the molecule is CSc1ccc(C2c3c(oc4ccccc4c3=O)C(=O)N2c2cccc(C)n2)cc1. The zero-order chi connectivity index (χ0) is 20.8. The lowest BCUT2D eigenvalue weighted by Gasteiger charge is -2.24. The number of hydrogen-bond donors (Lipinski definition) is 0. The molecule has 1 amide bonds. The molecule has 0 N–H and O–H groups in total. The van der Waals surface area contributed by atoms with Gasteiger partial charge in [-0.25, -0.2) is 4.98 Å². The topological polar surface area (TPSA) is 63.4 Å². The highest BCUT2D eigenvalue weighted by Crippen LogP contribution is 2.40. The van der Waals surface area contributed by atoms with Crippen LogP contribution in [-0.4, -0.2) is 17.1 Å². The van der Waals surface area contributed by atoms with E-state index in [-0.39, 0.29) is 17.1 Å². The highest BCUT2D eigenvalue weighted by molar-refractivity contribution is 7.98. The molecule has 3 heterocycles. The molecule has 2 aromatic heterocycles. The molecule has 30 heavy (non-hydrogen) atoms. The maximum absolute atomic E-state index is 13.5. The molecule has 148 valence electrons. The van der Waals surface area contributed by atoms with E-state index in [0.29, 0.717) is 22.4 Å². The third-order valence-electron chi connectivity index (χ3n) is 5.33. The van der Waals surface area contributed by atoms with Crippen molar-refractivity contribution in [2.75, 3.05) is 11.2 Å². The van der Waals surface area contributed by atoms with E-state index in [1.165, 1.54) is 0 Å². The average molecular weight is 414 g/mol. The Kier molecular flexibility index (Phi) is 4.44. The number of aryl methyl sites for hydroxylation is 1. The van der Waals surface area contributed by atoms with Crippen LogP contribution in [-0.2, 0) is 0 Å². The fourth-order valence-electron chi connectivity index (χ4n) is 3.92. The van der Waals surface area contributed by atoms with Crippen LogP contribution in [0.5, 0.6) is 0 Å². The van der Waals surface area contributed by atoms with Gasteiger partial charge in [0.1, 0.15) is 11.4 Å². The highest BCUT2D eigenvalue weighted by atomic mass is 32.2. The summed E-state index contributed by atoms with van der Waals surface area (Å²) in [5, 5.41) is 0.467. The Morgan fingerprint density at radius 3 is 2.47 bits per heavy atom. The minimum absolute atomic E-state index is 0.0842. The molecule has 2 aromatic carbocycles. The zero-order valence-corrected chi connectivity index (χ0v) is 17.3. The molecule has 0 fully saturated rings. The zero-order valence-electron chi connectivity index (χ0n) is 16.5. The molecule has 0 bridgehead atoms. The van der Waals surface area contributed by atoms with Crippen LogP contribution in [0, 0.1) is 6.92 Å². The van der Waals surface area contributed by atoms with Crippen LogP contribution >= 0.6 is 11.8 Å². The number of benzene rings is 2. The van der Waals surface area contributed by atoms with Gasteiger partial charge in [0.25, 0.3) is 5.91 Å². The van der Waals surface area contributed by atoms with Crippen LogP contribution in [0.3, 0.4) is 0 Å². The standard InChI is InChI=1S/C24H18N2O3S/c1-14-6-5-9-19(25-14)26-21(15-10-12-16(30-2)13-11-15)20-22(27)17-7-3-4-8-18(17)29-23(20)24(26)28/h3-13,21H,1-2H3. The number of pyridine rings is 1. The van der Waals surface area contributed by atoms with E-state index in [1.54, 1.807) is 47.0 Å². The summed E-state index contributed by atoms with van der Waals surface area (Å²) in [6, 6.07) is 19.8. The molecule has 0 saturated heterocycles. The molecule has 5 rings (SSSR count). The average Bonchev–Trinajstić information content (AvgIpc) is 3.06. The molecule has 4 aromatic rings. The Hall–Kier alpha value is -3.38. The van der Waals surface area contributed by atoms with E-state index in [9.17, 15) is 9.59 Å². The van der Waals surface area contributed by atoms with E-state index in [2.05, 4.69) is 4.98 Å². The fraction of sp³-hybridized carbons (Fsp3) is 0.125. The molecule has 0 aliphatic carbocycles. The van der Waals surface area contributed by atoms with Crippen molar-refractivity contribution >= 4 is 34.5 Å². The molecule has 1 aliphatic heterocycles. The smallest absolute Gasteiger partial charge is 0.296 e. The number of rotatable bonds is 3. The summed E-state index contributed by atoms with van der Waals surface area (Å²) in [6.45, 7) is 1.87. The first kappa shape index (κ1) is 18.6. The fourth-order valence-corrected chi connectivity index (χ4v) is 4.33. The normalized spacial score (nSPS) is 15.6. The Bertz CT molecular complexity index is 1340. The van der Waals surface area contributed by atoms with E-state index in [0.717, 1.165) is 16.2 Å². The molecule has 6 heteroatoms. The summed E-state index contributed by atoms with van der Waals surface area (Å²) in [4.78, 5) is 34.1. The van der Waals surface area contributed by atoms with Gasteiger partial charge in [0.2, 0.25) is 5.76 Å². The number of carbonyl (C=O) groups is 1. The van der Waals surface area contributed by atoms with Crippen LogP contribution < -0.4 is 10.3 Å². The van der Waals surface area contributed by atoms with Crippen molar-refractivity contribution in [1.29, 1.82) is 0 Å². The second-order valence-electron chi connectivity index (χ2n) is 7.16. The first-order chi connectivity index (χ1) is 14.6. The number of carbonyl (C=O) groups excluding carboxylic acids is 1. The van der Waals surface area contributed by atoms with Crippen molar-refractivity contribution in [2.45, 2.75) is 17.9 Å². The van der Waals surface area contributed by atoms with Gasteiger partial charge >= 0.3 is 0 Å². The van der Waals surface area contributed by atoms with Gasteiger partial charge in [-0.2, -0.15) is 0 Å². The molecule has 5 nitrogen and oxygen atoms in total. The molecule has 1 atom stereocenters. The van der Waals surface area contributed by atoms with Gasteiger partial charge in [0.15, 0.2) is 5.43 Å². The minimum Gasteiger partial charge on any atom is -0.450 e. The number of thioether (sulfide) groups is 1. The van der Waals surface area contributed by atoms with Gasteiger partial charge in [-0.05, 0) is 55.1 Å². The van der Waals surface area contributed by atoms with Crippen LogP contribution in [0.1, 0.15) is 33.4 Å². The Morgan fingerprint density at radius 2 is 1.73 bits per heavy atom. The lowest BCUT2D eigenvalue weighted by atomic mass is 9.98. The summed E-state index contributed by atoms with van der Waals surface area (Å²) in [5.74, 6) is 0.222. The first-order valence-electron chi connectivity index (χ1n) is 9.55. The molecular formula is C24H18N2O3S. The van der Waals surface area contributed by atoms with Crippen LogP contribution in [0.2, 0.25) is 0 Å². The lowest BCUT2D eigenvalue weighted by Crippen LogP contribution is -2.30. The van der Waals surface area contributed by atoms with Gasteiger partial charge in [0.05, 0.1) is 17.0 Å². The third kappa shape index (κ3) is 2.83. The number of hydrogen-bond acceptors (Lipinski definition) is 5. The number of nitrogens with zero attached hydrogens (tertiary/aromatic N) is 2. The molecule has 0 spiro atoms. The highest BCUT2D eigenvalue weighted by Gasteiger charge is 2.44. The maximum atomic E-state index is 13.5. The van der Waals surface area contributed by atoms with Crippen molar-refractivity contribution < 1.29 is 9.21 Å². The maximum Gasteiger partial charge on any atom is 0.296 e. The predicted molar refractivity (Wildman–Crippen MR) is 118 cm³/mol. The largest absolute Gasteiger partial charge is 0.450 e. The van der Waals surface area contributed by atoms with Crippen molar-refractivity contribution in [3.63, 3.8) is 0 Å². The van der Waals surface area contributed by atoms with Gasteiger partial charge in [-0.15, -0.1) is 11.8 Å². The second kappa shape index (κ2) is 7.15. The predicted octanol–water partition coefficient (Wildman–Crippen LogP) is 4.97. The van der Waals surface area contributed by atoms with Crippen LogP contribution in [0.25, 0.3) is 11.0 Å². The van der Waals surface area contributed by atoms with Crippen LogP contribution in [0.4, 0.5) is 5.82 Å². The van der Waals surface area contributed by atoms with E-state index in [1.807, 2.05) is 49.6 Å². The van der Waals surface area contributed by atoms with E-state index in [4.69, 9.17) is 4.42 Å². The van der Waals surface area contributed by atoms with E-state index < -0.39 is 6.04 Å². The first-order valence-corrected chi connectivity index (χ1v) is 10.8. The van der Waals surface area contributed by atoms with Gasteiger partial charge in [-0.3, -0.25) is 14.5 Å². The Labute approximate surface area is 177 Å². The molecular weight excluding hydrogens is 396 g/mol. The third-order valence-corrected chi connectivity index (χ3v) is 6.07. The van der Waals surface area contributed by atoms with Gasteiger partial charge < -0.3 is 4.42 Å². The summed E-state index contributed by atoms with van der Waals surface area (Å²) >= 11 is 1.64. The van der Waals surface area contributed by atoms with Crippen molar-refractivity contribution in [3.05, 3.63) is 99.5 Å². The number of amides is 1. The van der Waals surface area contributed by atoms with Crippen molar-refractivity contribution in [2.24, 2.45) is 0 Å². The quantitative estimate of drug-likeness (QED) is 0.443. The van der Waals surface area contributed by atoms with Crippen molar-refractivity contribution in [3.8, 4) is 0 Å². The molecule has 1 aliphatic rings. The summed E-state index contributed by atoms with van der Waals surface area (Å²) in [7, 11) is 0. The second-order valence-corrected chi connectivity index (χ2v) is 8.04. The number of anilines is 1. The molecule has 1 unspecified atom stereocenters. The molecule has 0 saturated carbocycles. The number of fused-ring (bicyclic) bond motifs is 2. The Balaban J connectivity index is 1.80. The van der Waals surface area contributed by atoms with Gasteiger partial charge in [0, 0.05) is 10.6 Å². The summed E-state index contributed by atoms with van der Waals surface area (Å²) in [6.07, 6.45) is 2.01. The lowest BCUT2D eigenvalue weighted by molar-refractivity contribution is 0.0970. The number of aromatic nitrogens is 1. The minimum atomic E-state index is -0.599.